The molecular formula is C14H15ClN2O2. The molecule has 0 aromatic heterocycles. The molecule has 0 heterocycles. The molecule has 1 fully saturated rings. The van der Waals surface area contributed by atoms with Crippen LogP contribution >= 0.6 is 11.6 Å². The number of anilines is 1. The molecule has 3 rings (SSSR count). The molecule has 1 N–H and O–H groups in total. The van der Waals surface area contributed by atoms with Gasteiger partial charge in [-0.05, 0) is 42.7 Å². The van der Waals surface area contributed by atoms with Gasteiger partial charge in [-0.2, -0.15) is 0 Å². The van der Waals surface area contributed by atoms with Gasteiger partial charge in [0.05, 0.1) is 4.92 Å². The second-order valence-corrected chi connectivity index (χ2v) is 5.78. The molecule has 0 amide bonds. The van der Waals surface area contributed by atoms with E-state index in [1.165, 1.54) is 18.9 Å². The summed E-state index contributed by atoms with van der Waals surface area (Å²) < 4.78 is 0. The summed E-state index contributed by atoms with van der Waals surface area (Å²) in [6, 6.07) is 4.76. The highest BCUT2D eigenvalue weighted by Crippen LogP contribution is 2.43. The van der Waals surface area contributed by atoms with Gasteiger partial charge in [-0.1, -0.05) is 23.8 Å². The number of nitrogens with one attached hydrogen (secondary N) is 1. The van der Waals surface area contributed by atoms with Crippen LogP contribution in [0.5, 0.6) is 0 Å². The van der Waals surface area contributed by atoms with Gasteiger partial charge in [0.25, 0.3) is 5.69 Å². The van der Waals surface area contributed by atoms with E-state index in [1.54, 1.807) is 12.1 Å². The second kappa shape index (κ2) is 4.85. The number of hydrogen-bond donors (Lipinski definition) is 1. The van der Waals surface area contributed by atoms with Crippen LogP contribution in [0.4, 0.5) is 11.4 Å². The smallest absolute Gasteiger partial charge is 0.293 e. The van der Waals surface area contributed by atoms with Gasteiger partial charge in [0.1, 0.15) is 5.69 Å². The first-order valence-corrected chi connectivity index (χ1v) is 6.87. The fourth-order valence-electron chi connectivity index (χ4n) is 3.18. The maximum atomic E-state index is 11.0. The number of halogens is 1. The van der Waals surface area contributed by atoms with E-state index >= 15 is 0 Å². The molecule has 3 unspecified atom stereocenters. The van der Waals surface area contributed by atoms with Crippen molar-refractivity contribution in [3.05, 3.63) is 45.5 Å². The maximum absolute atomic E-state index is 11.0. The Kier molecular flexibility index (Phi) is 3.19. The van der Waals surface area contributed by atoms with Crippen LogP contribution in [0.15, 0.2) is 30.4 Å². The van der Waals surface area contributed by atoms with Gasteiger partial charge in [-0.3, -0.25) is 10.1 Å². The van der Waals surface area contributed by atoms with E-state index in [0.717, 1.165) is 12.5 Å². The van der Waals surface area contributed by atoms with E-state index in [-0.39, 0.29) is 5.69 Å². The van der Waals surface area contributed by atoms with Crippen LogP contribution in [0.3, 0.4) is 0 Å². The molecule has 1 saturated carbocycles. The van der Waals surface area contributed by atoms with E-state index in [2.05, 4.69) is 17.5 Å². The monoisotopic (exact) mass is 278 g/mol. The number of hydrogen-bond acceptors (Lipinski definition) is 3. The van der Waals surface area contributed by atoms with E-state index in [4.69, 9.17) is 11.6 Å². The topological polar surface area (TPSA) is 55.2 Å². The minimum Gasteiger partial charge on any atom is -0.379 e. The lowest BCUT2D eigenvalue weighted by molar-refractivity contribution is -0.383. The molecule has 0 spiro atoms. The van der Waals surface area contributed by atoms with Crippen molar-refractivity contribution in [1.29, 1.82) is 0 Å². The van der Waals surface area contributed by atoms with Crippen LogP contribution in [0.1, 0.15) is 12.8 Å². The Bertz CT molecular complexity index is 544. The molecular weight excluding hydrogens is 264 g/mol. The van der Waals surface area contributed by atoms with Crippen molar-refractivity contribution in [1.82, 2.24) is 0 Å². The van der Waals surface area contributed by atoms with Gasteiger partial charge in [0.2, 0.25) is 0 Å². The SMILES string of the molecule is O=[N+]([O-])c1cc(Cl)ccc1NCC1CC2C=CC1C2. The summed E-state index contributed by atoms with van der Waals surface area (Å²) in [5.41, 5.74) is 0.604. The Morgan fingerprint density at radius 3 is 2.84 bits per heavy atom. The van der Waals surface area contributed by atoms with Crippen LogP contribution < -0.4 is 5.32 Å². The molecule has 5 heteroatoms. The van der Waals surface area contributed by atoms with E-state index in [0.29, 0.717) is 22.5 Å². The third kappa shape index (κ3) is 2.45. The van der Waals surface area contributed by atoms with Crippen LogP contribution in [-0.4, -0.2) is 11.5 Å². The summed E-state index contributed by atoms with van der Waals surface area (Å²) in [6.07, 6.45) is 7.02. The molecule has 1 aromatic carbocycles. The Morgan fingerprint density at radius 2 is 2.21 bits per heavy atom. The van der Waals surface area contributed by atoms with E-state index in [1.807, 2.05) is 0 Å². The second-order valence-electron chi connectivity index (χ2n) is 5.34. The number of nitro groups is 1. The molecule has 0 aliphatic heterocycles. The minimum atomic E-state index is -0.394. The zero-order chi connectivity index (χ0) is 13.4. The predicted octanol–water partition coefficient (Wildman–Crippen LogP) is 3.87. The van der Waals surface area contributed by atoms with Gasteiger partial charge in [0, 0.05) is 17.6 Å². The highest BCUT2D eigenvalue weighted by molar-refractivity contribution is 6.30. The van der Waals surface area contributed by atoms with Crippen molar-refractivity contribution in [3.63, 3.8) is 0 Å². The first kappa shape index (κ1) is 12.5. The van der Waals surface area contributed by atoms with Crippen molar-refractivity contribution in [2.45, 2.75) is 12.8 Å². The third-order valence-corrected chi connectivity index (χ3v) is 4.36. The zero-order valence-electron chi connectivity index (χ0n) is 10.4. The Balaban J connectivity index is 1.70. The van der Waals surface area contributed by atoms with Crippen molar-refractivity contribution in [2.75, 3.05) is 11.9 Å². The fourth-order valence-corrected chi connectivity index (χ4v) is 3.34. The Hall–Kier alpha value is -1.55. The first-order valence-electron chi connectivity index (χ1n) is 6.49. The van der Waals surface area contributed by atoms with Gasteiger partial charge in [-0.25, -0.2) is 0 Å². The lowest BCUT2D eigenvalue weighted by Crippen LogP contribution is -2.18. The lowest BCUT2D eigenvalue weighted by Gasteiger charge is -2.19. The van der Waals surface area contributed by atoms with Crippen molar-refractivity contribution < 1.29 is 4.92 Å². The molecule has 2 aliphatic rings. The van der Waals surface area contributed by atoms with Crippen molar-refractivity contribution in [3.8, 4) is 0 Å². The largest absolute Gasteiger partial charge is 0.379 e. The average Bonchev–Trinajstić information content (AvgIpc) is 2.99. The number of nitrogens with zero attached hydrogens (tertiary/aromatic N) is 1. The maximum Gasteiger partial charge on any atom is 0.293 e. The quantitative estimate of drug-likeness (QED) is 0.517. The van der Waals surface area contributed by atoms with Crippen LogP contribution in [0, 0.1) is 27.9 Å². The van der Waals surface area contributed by atoms with Gasteiger partial charge in [0.15, 0.2) is 0 Å². The molecule has 2 bridgehead atoms. The molecule has 2 aliphatic carbocycles. The predicted molar refractivity (Wildman–Crippen MR) is 75.4 cm³/mol. The summed E-state index contributed by atoms with van der Waals surface area (Å²) in [6.45, 7) is 0.786. The lowest BCUT2D eigenvalue weighted by atomic mass is 9.93. The molecule has 3 atom stereocenters. The van der Waals surface area contributed by atoms with E-state index in [9.17, 15) is 10.1 Å². The summed E-state index contributed by atoms with van der Waals surface area (Å²) in [5.74, 6) is 1.95. The zero-order valence-corrected chi connectivity index (χ0v) is 11.1. The van der Waals surface area contributed by atoms with E-state index < -0.39 is 4.92 Å². The first-order chi connectivity index (χ1) is 9.13. The van der Waals surface area contributed by atoms with Crippen molar-refractivity contribution >= 4 is 23.0 Å². The van der Waals surface area contributed by atoms with Crippen LogP contribution in [0.2, 0.25) is 5.02 Å². The fraction of sp³-hybridized carbons (Fsp3) is 0.429. The molecule has 0 radical (unpaired) electrons. The summed E-state index contributed by atoms with van der Waals surface area (Å²) in [5, 5.41) is 14.6. The third-order valence-electron chi connectivity index (χ3n) is 4.13. The average molecular weight is 279 g/mol. The highest BCUT2D eigenvalue weighted by atomic mass is 35.5. The van der Waals surface area contributed by atoms with Crippen LogP contribution in [-0.2, 0) is 0 Å². The molecule has 100 valence electrons. The van der Waals surface area contributed by atoms with Crippen LogP contribution in [0.25, 0.3) is 0 Å². The molecule has 19 heavy (non-hydrogen) atoms. The normalized spacial score (nSPS) is 27.7. The summed E-state index contributed by atoms with van der Waals surface area (Å²) >= 11 is 5.80. The number of benzene rings is 1. The van der Waals surface area contributed by atoms with Gasteiger partial charge < -0.3 is 5.32 Å². The van der Waals surface area contributed by atoms with Gasteiger partial charge in [-0.15, -0.1) is 0 Å². The Labute approximate surface area is 116 Å². The molecule has 1 aromatic rings. The minimum absolute atomic E-state index is 0.0474. The van der Waals surface area contributed by atoms with Gasteiger partial charge >= 0.3 is 0 Å². The standard InChI is InChI=1S/C14H15ClN2O2/c15-12-3-4-13(14(7-12)17(18)19)16-8-11-6-9-1-2-10(11)5-9/h1-4,7,9-11,16H,5-6,8H2. The number of rotatable bonds is 4. The number of allylic oxidation sites excluding steroid dienone is 2. The highest BCUT2D eigenvalue weighted by Gasteiger charge is 2.35. The molecule has 0 saturated heterocycles. The molecule has 4 nitrogen and oxygen atoms in total. The summed E-state index contributed by atoms with van der Waals surface area (Å²) in [7, 11) is 0. The number of fused-ring (bicyclic) bond motifs is 2. The number of nitro benzene ring substituents is 1. The summed E-state index contributed by atoms with van der Waals surface area (Å²) in [4.78, 5) is 10.6. The van der Waals surface area contributed by atoms with Crippen molar-refractivity contribution in [2.24, 2.45) is 17.8 Å². The Morgan fingerprint density at radius 1 is 1.37 bits per heavy atom.